The smallest absolute Gasteiger partial charge is 0.333 e. The van der Waals surface area contributed by atoms with E-state index in [2.05, 4.69) is 41.5 Å². The van der Waals surface area contributed by atoms with Crippen molar-refractivity contribution in [3.8, 4) is 0 Å². The van der Waals surface area contributed by atoms with Gasteiger partial charge in [0.1, 0.15) is 5.41 Å². The van der Waals surface area contributed by atoms with E-state index >= 15 is 0 Å². The molecule has 7 N–H and O–H groups in total. The number of aliphatic hydroxyl groups excluding tert-OH is 3. The quantitative estimate of drug-likeness (QED) is 0.0285. The average molecular weight is 1090 g/mol. The molecule has 0 heterocycles. The summed E-state index contributed by atoms with van der Waals surface area (Å²) >= 11 is 0. The van der Waals surface area contributed by atoms with Crippen LogP contribution in [-0.4, -0.2) is 78.9 Å². The first-order valence-electron chi connectivity index (χ1n) is 32.1. The van der Waals surface area contributed by atoms with Crippen LogP contribution in [0.2, 0.25) is 0 Å². The molecule has 456 valence electrons. The fourth-order valence-corrected chi connectivity index (χ4v) is 9.36. The van der Waals surface area contributed by atoms with Gasteiger partial charge in [-0.05, 0) is 37.5 Å². The van der Waals surface area contributed by atoms with Gasteiger partial charge in [0.15, 0.2) is 6.10 Å². The minimum absolute atomic E-state index is 0.0451. The van der Waals surface area contributed by atoms with Crippen LogP contribution in [0.1, 0.15) is 351 Å². The molecule has 0 spiro atoms. The maximum atomic E-state index is 12.3. The number of carboxylic acid groups (broad SMARTS) is 4. The fourth-order valence-electron chi connectivity index (χ4n) is 9.36. The molecule has 0 aromatic rings. The maximum absolute atomic E-state index is 12.3. The van der Waals surface area contributed by atoms with Gasteiger partial charge in [0.05, 0.1) is 13.2 Å². The summed E-state index contributed by atoms with van der Waals surface area (Å²) < 4.78 is 0. The van der Waals surface area contributed by atoms with Crippen LogP contribution in [0.15, 0.2) is 0 Å². The molecule has 76 heavy (non-hydrogen) atoms. The zero-order valence-corrected chi connectivity index (χ0v) is 51.4. The van der Waals surface area contributed by atoms with Crippen molar-refractivity contribution in [2.75, 3.05) is 13.2 Å². The molecule has 1 atom stereocenters. The van der Waals surface area contributed by atoms with Gasteiger partial charge in [-0.2, -0.15) is 0 Å². The Morgan fingerprint density at radius 1 is 0.355 bits per heavy atom. The second-order valence-corrected chi connectivity index (χ2v) is 24.3. The van der Waals surface area contributed by atoms with Crippen LogP contribution in [0, 0.1) is 22.7 Å². The lowest BCUT2D eigenvalue weighted by Crippen LogP contribution is -2.47. The lowest BCUT2D eigenvalue weighted by Gasteiger charge is -2.32. The van der Waals surface area contributed by atoms with Crippen LogP contribution in [0.25, 0.3) is 0 Å². The van der Waals surface area contributed by atoms with Gasteiger partial charge < -0.3 is 35.7 Å². The topological polar surface area (TPSA) is 210 Å². The van der Waals surface area contributed by atoms with E-state index in [0.717, 1.165) is 76.0 Å². The van der Waals surface area contributed by atoms with Gasteiger partial charge in [-0.3, -0.25) is 14.4 Å². The van der Waals surface area contributed by atoms with E-state index in [1.807, 2.05) is 0 Å². The third-order valence-corrected chi connectivity index (χ3v) is 14.8. The molecule has 0 saturated heterocycles. The van der Waals surface area contributed by atoms with Crippen molar-refractivity contribution in [2.45, 2.75) is 357 Å². The Hall–Kier alpha value is -2.24. The van der Waals surface area contributed by atoms with E-state index in [1.165, 1.54) is 193 Å². The Kier molecular flexibility index (Phi) is 63.8. The van der Waals surface area contributed by atoms with Gasteiger partial charge in [0.25, 0.3) is 0 Å². The van der Waals surface area contributed by atoms with Crippen LogP contribution >= 0.6 is 0 Å². The number of hydrogen-bond acceptors (Lipinski definition) is 7. The third kappa shape index (κ3) is 62.6. The van der Waals surface area contributed by atoms with E-state index in [9.17, 15) is 34.5 Å². The van der Waals surface area contributed by atoms with Gasteiger partial charge in [-0.1, -0.05) is 312 Å². The van der Waals surface area contributed by atoms with Crippen molar-refractivity contribution in [3.63, 3.8) is 0 Å². The zero-order chi connectivity index (χ0) is 58.0. The lowest BCUT2D eigenvalue weighted by molar-refractivity contribution is -0.171. The maximum Gasteiger partial charge on any atom is 0.333 e. The SMILES string of the molecule is CC(C)(CO)CO.CC(C)CCCCCCCCCCCCCCCC(CCCCCCCCCCCCCCCC(C)C)(C(=O)O)C(O)C(=O)O.CCCCCCCCCC(=O)O.CCCCCCCCCC(=O)O. The molecule has 0 aliphatic carbocycles. The Balaban J connectivity index is -0.000000666. The van der Waals surface area contributed by atoms with Crippen LogP contribution in [0.4, 0.5) is 0 Å². The first-order chi connectivity index (χ1) is 36.3. The summed E-state index contributed by atoms with van der Waals surface area (Å²) in [5.41, 5.74) is -1.88. The van der Waals surface area contributed by atoms with Gasteiger partial charge in [0, 0.05) is 18.3 Å². The summed E-state index contributed by atoms with van der Waals surface area (Å²) in [5.74, 6) is -2.24. The highest BCUT2D eigenvalue weighted by molar-refractivity contribution is 5.85. The highest BCUT2D eigenvalue weighted by Crippen LogP contribution is 2.37. The molecular formula is C65H130O11. The van der Waals surface area contributed by atoms with Crippen molar-refractivity contribution in [1.82, 2.24) is 0 Å². The lowest BCUT2D eigenvalue weighted by atomic mass is 9.73. The number of carbonyl (C=O) groups is 4. The molecule has 1 unspecified atom stereocenters. The number of rotatable bonds is 53. The molecule has 0 aliphatic heterocycles. The zero-order valence-electron chi connectivity index (χ0n) is 51.4. The number of aliphatic hydroxyl groups is 3. The number of aliphatic carboxylic acids is 4. The molecule has 11 nitrogen and oxygen atoms in total. The summed E-state index contributed by atoms with van der Waals surface area (Å²) in [7, 11) is 0. The molecule has 0 amide bonds. The van der Waals surface area contributed by atoms with Crippen molar-refractivity contribution in [2.24, 2.45) is 22.7 Å². The van der Waals surface area contributed by atoms with E-state index in [-0.39, 0.29) is 31.5 Å². The van der Waals surface area contributed by atoms with E-state index in [4.69, 9.17) is 20.4 Å². The van der Waals surface area contributed by atoms with Gasteiger partial charge in [0.2, 0.25) is 0 Å². The molecule has 0 bridgehead atoms. The highest BCUT2D eigenvalue weighted by Gasteiger charge is 2.48. The molecule has 0 radical (unpaired) electrons. The van der Waals surface area contributed by atoms with Gasteiger partial charge in [-0.15, -0.1) is 0 Å². The molecule has 0 rings (SSSR count). The summed E-state index contributed by atoms with van der Waals surface area (Å²) in [5, 5.41) is 63.6. The summed E-state index contributed by atoms with van der Waals surface area (Å²) in [6.45, 7) is 17.3. The van der Waals surface area contributed by atoms with Crippen LogP contribution in [-0.2, 0) is 19.2 Å². The minimum Gasteiger partial charge on any atom is -0.481 e. The number of carboxylic acids is 4. The molecule has 11 heteroatoms. The fraction of sp³-hybridized carbons (Fsp3) is 0.938. The molecule has 0 aromatic carbocycles. The molecule has 0 fully saturated rings. The molecular weight excluding hydrogens is 957 g/mol. The van der Waals surface area contributed by atoms with E-state index in [1.54, 1.807) is 13.8 Å². The summed E-state index contributed by atoms with van der Waals surface area (Å²) in [6, 6.07) is 0. The van der Waals surface area contributed by atoms with Gasteiger partial charge in [-0.25, -0.2) is 4.79 Å². The second kappa shape index (κ2) is 60.4. The monoisotopic (exact) mass is 1090 g/mol. The predicted octanol–water partition coefficient (Wildman–Crippen LogP) is 18.9. The van der Waals surface area contributed by atoms with E-state index < -0.39 is 35.4 Å². The number of unbranched alkanes of at least 4 members (excludes halogenated alkanes) is 36. The van der Waals surface area contributed by atoms with Crippen LogP contribution < -0.4 is 0 Å². The second-order valence-electron chi connectivity index (χ2n) is 24.3. The Bertz CT molecular complexity index is 1160. The van der Waals surface area contributed by atoms with Crippen molar-refractivity contribution in [1.29, 1.82) is 0 Å². The predicted molar refractivity (Wildman–Crippen MR) is 320 cm³/mol. The normalized spacial score (nSPS) is 11.9. The molecule has 0 aromatic heterocycles. The van der Waals surface area contributed by atoms with Crippen LogP contribution in [0.3, 0.4) is 0 Å². The third-order valence-electron chi connectivity index (χ3n) is 14.8. The van der Waals surface area contributed by atoms with Crippen molar-refractivity contribution in [3.05, 3.63) is 0 Å². The first-order valence-corrected chi connectivity index (χ1v) is 32.1. The highest BCUT2D eigenvalue weighted by atomic mass is 16.4. The van der Waals surface area contributed by atoms with E-state index in [0.29, 0.717) is 25.7 Å². The van der Waals surface area contributed by atoms with Gasteiger partial charge >= 0.3 is 23.9 Å². The standard InChI is InChI=1S/C40H78O5.2C10H20O2.C5H12O2/c1-35(2)31-27-23-19-15-11-7-5-9-13-17-21-25-29-33-40(39(44)45,37(41)38(42)43)34-30-26-22-18-14-10-6-8-12-16-20-24-28-32-36(3)4;2*1-2-3-4-5-6-7-8-9-10(11)12;1-5(2,3-6)4-7/h35-37,41H,5-34H2,1-4H3,(H,42,43)(H,44,45);2*2-9H2,1H3,(H,11,12);6-7H,3-4H2,1-2H3. The summed E-state index contributed by atoms with van der Waals surface area (Å²) in [6.07, 6.45) is 50.1. The molecule has 0 saturated carbocycles. The molecule has 0 aliphatic rings. The van der Waals surface area contributed by atoms with Crippen molar-refractivity contribution < 1.29 is 54.9 Å². The minimum atomic E-state index is -1.85. The first kappa shape index (κ1) is 80.2. The summed E-state index contributed by atoms with van der Waals surface area (Å²) in [4.78, 5) is 44.3. The Morgan fingerprint density at radius 3 is 0.763 bits per heavy atom. The largest absolute Gasteiger partial charge is 0.481 e. The Morgan fingerprint density at radius 2 is 0.579 bits per heavy atom. The van der Waals surface area contributed by atoms with Crippen LogP contribution in [0.5, 0.6) is 0 Å². The average Bonchev–Trinajstić information content (AvgIpc) is 3.37. The number of hydrogen-bond donors (Lipinski definition) is 7. The Labute approximate surface area is 469 Å². The van der Waals surface area contributed by atoms with Crippen molar-refractivity contribution >= 4 is 23.9 Å².